The van der Waals surface area contributed by atoms with Crippen molar-refractivity contribution in [1.29, 1.82) is 0 Å². The molecule has 1 N–H and O–H groups in total. The molecule has 0 atom stereocenters. The monoisotopic (exact) mass is 360 g/mol. The third-order valence-corrected chi connectivity index (χ3v) is 4.62. The molecule has 2 aromatic rings. The number of likely N-dealkylation sites (N-methyl/N-ethyl adjacent to an activating group) is 1. The van der Waals surface area contributed by atoms with Crippen molar-refractivity contribution in [1.82, 2.24) is 9.80 Å². The lowest BCUT2D eigenvalue weighted by Gasteiger charge is -2.28. The number of aryl methyl sites for hydroxylation is 1. The van der Waals surface area contributed by atoms with Crippen molar-refractivity contribution < 1.29 is 19.1 Å². The molecule has 1 fully saturated rings. The average molecular weight is 360 g/mol. The van der Waals surface area contributed by atoms with Crippen molar-refractivity contribution in [2.75, 3.05) is 39.9 Å². The molecule has 1 aliphatic heterocycles. The average Bonchev–Trinajstić information content (AvgIpc) is 2.61. The summed E-state index contributed by atoms with van der Waals surface area (Å²) in [6, 6.07) is 4.78. The number of carbonyl (C=O) groups is 1. The molecule has 1 aliphatic rings. The second kappa shape index (κ2) is 7.88. The molecule has 1 amide bonds. The van der Waals surface area contributed by atoms with Crippen LogP contribution in [0.1, 0.15) is 18.1 Å². The highest BCUT2D eigenvalue weighted by Gasteiger charge is 2.19. The summed E-state index contributed by atoms with van der Waals surface area (Å²) in [7, 11) is 1.85. The van der Waals surface area contributed by atoms with Crippen LogP contribution in [0.3, 0.4) is 0 Å². The first kappa shape index (κ1) is 18.4. The van der Waals surface area contributed by atoms with Crippen molar-refractivity contribution in [3.05, 3.63) is 39.7 Å². The molecule has 3 rings (SSSR count). The molecular formula is C19H24N2O5. The van der Waals surface area contributed by atoms with Crippen LogP contribution in [-0.4, -0.2) is 60.7 Å². The Morgan fingerprint density at radius 3 is 2.65 bits per heavy atom. The number of rotatable bonds is 5. The number of phenolic OH excluding ortho intramolecular Hbond substituents is 1. The zero-order chi connectivity index (χ0) is 18.7. The highest BCUT2D eigenvalue weighted by atomic mass is 16.5. The van der Waals surface area contributed by atoms with Gasteiger partial charge >= 0.3 is 5.63 Å². The number of carbonyl (C=O) groups excluding carboxylic acids is 1. The SMILES string of the molecule is CCc1cc2c(CN(C)CC(=O)N3CCOCC3)cc(=O)oc2cc1O. The van der Waals surface area contributed by atoms with Crippen LogP contribution in [0.2, 0.25) is 0 Å². The van der Waals surface area contributed by atoms with E-state index in [9.17, 15) is 14.7 Å². The van der Waals surface area contributed by atoms with Crippen molar-refractivity contribution in [2.24, 2.45) is 0 Å². The topological polar surface area (TPSA) is 83.2 Å². The third-order valence-electron chi connectivity index (χ3n) is 4.62. The molecule has 2 heterocycles. The van der Waals surface area contributed by atoms with Gasteiger partial charge in [-0.05, 0) is 30.7 Å². The number of phenols is 1. The van der Waals surface area contributed by atoms with Gasteiger partial charge in [0.25, 0.3) is 0 Å². The fourth-order valence-corrected chi connectivity index (χ4v) is 3.21. The van der Waals surface area contributed by atoms with E-state index in [1.54, 1.807) is 4.90 Å². The summed E-state index contributed by atoms with van der Waals surface area (Å²) in [6.45, 7) is 5.03. The van der Waals surface area contributed by atoms with Crippen LogP contribution in [-0.2, 0) is 22.5 Å². The summed E-state index contributed by atoms with van der Waals surface area (Å²) < 4.78 is 10.5. The minimum atomic E-state index is -0.468. The number of ether oxygens (including phenoxy) is 1. The fraction of sp³-hybridized carbons (Fsp3) is 0.474. The van der Waals surface area contributed by atoms with Gasteiger partial charge in [0, 0.05) is 37.2 Å². The van der Waals surface area contributed by atoms with Crippen molar-refractivity contribution in [3.8, 4) is 5.75 Å². The third kappa shape index (κ3) is 4.05. The van der Waals surface area contributed by atoms with Gasteiger partial charge in [0.05, 0.1) is 19.8 Å². The number of nitrogens with zero attached hydrogens (tertiary/aromatic N) is 2. The summed E-state index contributed by atoms with van der Waals surface area (Å²) in [6.07, 6.45) is 0.672. The van der Waals surface area contributed by atoms with E-state index in [1.807, 2.05) is 24.9 Å². The minimum absolute atomic E-state index is 0.0509. The lowest BCUT2D eigenvalue weighted by molar-refractivity contribution is -0.136. The van der Waals surface area contributed by atoms with Crippen molar-refractivity contribution in [3.63, 3.8) is 0 Å². The largest absolute Gasteiger partial charge is 0.508 e. The maximum atomic E-state index is 12.4. The lowest BCUT2D eigenvalue weighted by atomic mass is 10.0. The molecular weight excluding hydrogens is 336 g/mol. The van der Waals surface area contributed by atoms with E-state index in [-0.39, 0.29) is 18.2 Å². The second-order valence-corrected chi connectivity index (χ2v) is 6.59. The molecule has 0 bridgehead atoms. The Labute approximate surface area is 151 Å². The van der Waals surface area contributed by atoms with E-state index >= 15 is 0 Å². The van der Waals surface area contributed by atoms with Gasteiger partial charge < -0.3 is 19.2 Å². The molecule has 0 spiro atoms. The van der Waals surface area contributed by atoms with E-state index in [0.717, 1.165) is 16.5 Å². The van der Waals surface area contributed by atoms with E-state index in [4.69, 9.17) is 9.15 Å². The number of fused-ring (bicyclic) bond motifs is 1. The quantitative estimate of drug-likeness (QED) is 0.811. The zero-order valence-electron chi connectivity index (χ0n) is 15.2. The maximum Gasteiger partial charge on any atom is 0.336 e. The first-order valence-electron chi connectivity index (χ1n) is 8.80. The van der Waals surface area contributed by atoms with Crippen LogP contribution in [0.15, 0.2) is 27.4 Å². The number of hydrogen-bond acceptors (Lipinski definition) is 6. The number of benzene rings is 1. The molecule has 1 saturated heterocycles. The van der Waals surface area contributed by atoms with Gasteiger partial charge in [-0.1, -0.05) is 6.92 Å². The summed E-state index contributed by atoms with van der Waals surface area (Å²) in [5.74, 6) is 0.172. The highest BCUT2D eigenvalue weighted by molar-refractivity contribution is 5.83. The first-order valence-corrected chi connectivity index (χ1v) is 8.80. The lowest BCUT2D eigenvalue weighted by Crippen LogP contribution is -2.44. The van der Waals surface area contributed by atoms with Crippen molar-refractivity contribution in [2.45, 2.75) is 19.9 Å². The van der Waals surface area contributed by atoms with Crippen LogP contribution in [0, 0.1) is 0 Å². The molecule has 7 heteroatoms. The van der Waals surface area contributed by atoms with Crippen LogP contribution in [0.4, 0.5) is 0 Å². The van der Waals surface area contributed by atoms with Gasteiger partial charge in [-0.2, -0.15) is 0 Å². The van der Waals surface area contributed by atoms with Gasteiger partial charge in [0.2, 0.25) is 5.91 Å². The normalized spacial score (nSPS) is 15.0. The molecule has 1 aromatic carbocycles. The van der Waals surface area contributed by atoms with Gasteiger partial charge in [-0.3, -0.25) is 9.69 Å². The fourth-order valence-electron chi connectivity index (χ4n) is 3.21. The zero-order valence-corrected chi connectivity index (χ0v) is 15.2. The Hall–Kier alpha value is -2.38. The predicted molar refractivity (Wildman–Crippen MR) is 97.3 cm³/mol. The molecule has 0 unspecified atom stereocenters. The highest BCUT2D eigenvalue weighted by Crippen LogP contribution is 2.27. The van der Waals surface area contributed by atoms with E-state index in [0.29, 0.717) is 44.9 Å². The van der Waals surface area contributed by atoms with E-state index in [1.165, 1.54) is 12.1 Å². The van der Waals surface area contributed by atoms with Crippen LogP contribution < -0.4 is 5.63 Å². The molecule has 140 valence electrons. The number of amides is 1. The maximum absolute atomic E-state index is 12.4. The smallest absolute Gasteiger partial charge is 0.336 e. The number of morpholine rings is 1. The second-order valence-electron chi connectivity index (χ2n) is 6.59. The Bertz CT molecular complexity index is 855. The Morgan fingerprint density at radius 1 is 1.23 bits per heavy atom. The summed E-state index contributed by atoms with van der Waals surface area (Å²) >= 11 is 0. The molecule has 7 nitrogen and oxygen atoms in total. The minimum Gasteiger partial charge on any atom is -0.508 e. The summed E-state index contributed by atoms with van der Waals surface area (Å²) in [4.78, 5) is 27.9. The van der Waals surface area contributed by atoms with Crippen LogP contribution in [0.25, 0.3) is 11.0 Å². The van der Waals surface area contributed by atoms with E-state index < -0.39 is 5.63 Å². The number of aromatic hydroxyl groups is 1. The van der Waals surface area contributed by atoms with E-state index in [2.05, 4.69) is 0 Å². The Morgan fingerprint density at radius 2 is 1.96 bits per heavy atom. The molecule has 0 aliphatic carbocycles. The molecule has 1 aromatic heterocycles. The Kier molecular flexibility index (Phi) is 5.58. The van der Waals surface area contributed by atoms with Crippen molar-refractivity contribution >= 4 is 16.9 Å². The van der Waals surface area contributed by atoms with Gasteiger partial charge in [0.1, 0.15) is 11.3 Å². The van der Waals surface area contributed by atoms with Gasteiger partial charge in [-0.15, -0.1) is 0 Å². The van der Waals surface area contributed by atoms with Gasteiger partial charge in [0.15, 0.2) is 0 Å². The summed E-state index contributed by atoms with van der Waals surface area (Å²) in [5.41, 5.74) is 1.46. The van der Waals surface area contributed by atoms with Gasteiger partial charge in [-0.25, -0.2) is 4.79 Å². The first-order chi connectivity index (χ1) is 12.5. The molecule has 26 heavy (non-hydrogen) atoms. The number of hydrogen-bond donors (Lipinski definition) is 1. The molecule has 0 saturated carbocycles. The molecule has 0 radical (unpaired) electrons. The summed E-state index contributed by atoms with van der Waals surface area (Å²) in [5, 5.41) is 10.8. The van der Waals surface area contributed by atoms with Crippen LogP contribution >= 0.6 is 0 Å². The standard InChI is InChI=1S/C19H24N2O5/c1-3-13-8-15-14(9-19(24)26-17(15)10-16(13)22)11-20(2)12-18(23)21-4-6-25-7-5-21/h8-10,22H,3-7,11-12H2,1-2H3. The Balaban J connectivity index is 1.80. The predicted octanol–water partition coefficient (Wildman–Crippen LogP) is 1.35. The van der Waals surface area contributed by atoms with Crippen LogP contribution in [0.5, 0.6) is 5.75 Å².